The Morgan fingerprint density at radius 1 is 0.960 bits per heavy atom. The maximum Gasteiger partial charge on any atom is 0.251 e. The summed E-state index contributed by atoms with van der Waals surface area (Å²) in [5.41, 5.74) is 1.45. The highest BCUT2D eigenvalue weighted by Crippen LogP contribution is 2.12. The molecule has 0 saturated carbocycles. The van der Waals surface area contributed by atoms with Crippen LogP contribution in [-0.4, -0.2) is 38.6 Å². The second-order valence-electron chi connectivity index (χ2n) is 5.32. The predicted octanol–water partition coefficient (Wildman–Crippen LogP) is 1.76. The minimum Gasteiger partial charge on any atom is -0.489 e. The van der Waals surface area contributed by atoms with E-state index in [-0.39, 0.29) is 18.4 Å². The molecule has 0 aliphatic heterocycles. The molecule has 6 nitrogen and oxygen atoms in total. The van der Waals surface area contributed by atoms with Crippen LogP contribution in [0.2, 0.25) is 0 Å². The van der Waals surface area contributed by atoms with Crippen molar-refractivity contribution in [2.75, 3.05) is 26.8 Å². The molecule has 2 N–H and O–H groups in total. The summed E-state index contributed by atoms with van der Waals surface area (Å²) in [6.07, 6.45) is 0. The fraction of sp³-hybridized carbons (Fsp3) is 0.263. The number of para-hydroxylation sites is 1. The van der Waals surface area contributed by atoms with Crippen LogP contribution >= 0.6 is 0 Å². The van der Waals surface area contributed by atoms with Crippen molar-refractivity contribution in [3.63, 3.8) is 0 Å². The molecule has 0 heterocycles. The van der Waals surface area contributed by atoms with E-state index < -0.39 is 0 Å². The van der Waals surface area contributed by atoms with Crippen LogP contribution < -0.4 is 15.4 Å². The van der Waals surface area contributed by atoms with Gasteiger partial charge in [0, 0.05) is 19.2 Å². The smallest absolute Gasteiger partial charge is 0.251 e. The van der Waals surface area contributed by atoms with Gasteiger partial charge in [0.1, 0.15) is 12.4 Å². The summed E-state index contributed by atoms with van der Waals surface area (Å²) < 4.78 is 10.5. The molecule has 0 aliphatic rings. The molecule has 0 spiro atoms. The Balaban J connectivity index is 1.76. The van der Waals surface area contributed by atoms with Crippen LogP contribution in [-0.2, 0) is 16.1 Å². The lowest BCUT2D eigenvalue weighted by Crippen LogP contribution is -2.38. The molecular formula is C19H22N2O4. The Kier molecular flexibility index (Phi) is 7.46. The van der Waals surface area contributed by atoms with Crippen molar-refractivity contribution in [1.82, 2.24) is 10.6 Å². The fourth-order valence-electron chi connectivity index (χ4n) is 2.05. The highest BCUT2D eigenvalue weighted by Gasteiger charge is 2.08. The van der Waals surface area contributed by atoms with Crippen LogP contribution in [0, 0.1) is 0 Å². The van der Waals surface area contributed by atoms with Gasteiger partial charge in [0.2, 0.25) is 5.91 Å². The first-order valence-corrected chi connectivity index (χ1v) is 7.99. The van der Waals surface area contributed by atoms with Crippen LogP contribution in [0.4, 0.5) is 0 Å². The number of benzene rings is 2. The maximum absolute atomic E-state index is 12.0. The van der Waals surface area contributed by atoms with Crippen molar-refractivity contribution >= 4 is 11.8 Å². The van der Waals surface area contributed by atoms with Gasteiger partial charge in [-0.05, 0) is 29.8 Å². The highest BCUT2D eigenvalue weighted by atomic mass is 16.5. The van der Waals surface area contributed by atoms with Gasteiger partial charge in [-0.3, -0.25) is 9.59 Å². The van der Waals surface area contributed by atoms with E-state index in [9.17, 15) is 9.59 Å². The zero-order valence-electron chi connectivity index (χ0n) is 14.2. The first-order chi connectivity index (χ1) is 12.2. The number of hydrogen-bond donors (Lipinski definition) is 2. The second-order valence-corrected chi connectivity index (χ2v) is 5.32. The average molecular weight is 342 g/mol. The Morgan fingerprint density at radius 2 is 1.68 bits per heavy atom. The topological polar surface area (TPSA) is 76.7 Å². The third kappa shape index (κ3) is 6.64. The summed E-state index contributed by atoms with van der Waals surface area (Å²) in [5, 5.41) is 5.22. The van der Waals surface area contributed by atoms with E-state index in [2.05, 4.69) is 10.6 Å². The molecule has 2 aromatic rings. The minimum atomic E-state index is -0.294. The summed E-state index contributed by atoms with van der Waals surface area (Å²) >= 11 is 0. The van der Waals surface area contributed by atoms with Crippen molar-refractivity contribution in [2.45, 2.75) is 6.61 Å². The lowest BCUT2D eigenvalue weighted by atomic mass is 10.1. The number of carbonyl (C=O) groups excluding carboxylic acids is 2. The van der Waals surface area contributed by atoms with Crippen LogP contribution in [0.3, 0.4) is 0 Å². The number of rotatable bonds is 9. The average Bonchev–Trinajstić information content (AvgIpc) is 2.66. The first-order valence-electron chi connectivity index (χ1n) is 7.99. The monoisotopic (exact) mass is 342 g/mol. The third-order valence-electron chi connectivity index (χ3n) is 3.40. The largest absolute Gasteiger partial charge is 0.489 e. The van der Waals surface area contributed by atoms with Gasteiger partial charge in [-0.1, -0.05) is 30.3 Å². The molecule has 0 bridgehead atoms. The first kappa shape index (κ1) is 18.5. The molecule has 25 heavy (non-hydrogen) atoms. The van der Waals surface area contributed by atoms with Crippen molar-refractivity contribution in [2.24, 2.45) is 0 Å². The van der Waals surface area contributed by atoms with E-state index in [1.54, 1.807) is 19.2 Å². The molecule has 0 fully saturated rings. The molecule has 2 amide bonds. The summed E-state index contributed by atoms with van der Waals surface area (Å²) in [4.78, 5) is 23.6. The third-order valence-corrected chi connectivity index (χ3v) is 3.40. The molecule has 2 aromatic carbocycles. The Bertz CT molecular complexity index is 672. The number of carbonyl (C=O) groups is 2. The molecule has 0 aliphatic carbocycles. The van der Waals surface area contributed by atoms with E-state index in [4.69, 9.17) is 9.47 Å². The Labute approximate surface area is 147 Å². The molecule has 0 radical (unpaired) electrons. The van der Waals surface area contributed by atoms with Gasteiger partial charge in [-0.15, -0.1) is 0 Å². The maximum atomic E-state index is 12.0. The zero-order chi connectivity index (χ0) is 17.9. The van der Waals surface area contributed by atoms with Gasteiger partial charge in [0.15, 0.2) is 0 Å². The molecule has 2 rings (SSSR count). The van der Waals surface area contributed by atoms with Crippen molar-refractivity contribution in [3.05, 3.63) is 65.7 Å². The Hall–Kier alpha value is -2.86. The quantitative estimate of drug-likeness (QED) is 0.681. The second kappa shape index (κ2) is 10.1. The van der Waals surface area contributed by atoms with E-state index in [1.165, 1.54) is 0 Å². The summed E-state index contributed by atoms with van der Waals surface area (Å²) in [7, 11) is 1.56. The molecule has 0 atom stereocenters. The zero-order valence-corrected chi connectivity index (χ0v) is 14.2. The normalized spacial score (nSPS) is 10.1. The van der Waals surface area contributed by atoms with Gasteiger partial charge in [-0.2, -0.15) is 0 Å². The molecule has 6 heteroatoms. The van der Waals surface area contributed by atoms with Crippen LogP contribution in [0.15, 0.2) is 54.6 Å². The summed E-state index contributed by atoms with van der Waals surface area (Å²) in [6, 6.07) is 16.6. The standard InChI is InChI=1S/C19H22N2O4/c1-24-12-11-20-18(22)13-21-19(23)16-9-7-15(8-10-16)14-25-17-5-3-2-4-6-17/h2-10H,11-14H2,1H3,(H,20,22)(H,21,23). The van der Waals surface area contributed by atoms with Crippen molar-refractivity contribution < 1.29 is 19.1 Å². The van der Waals surface area contributed by atoms with E-state index >= 15 is 0 Å². The van der Waals surface area contributed by atoms with Crippen LogP contribution in [0.5, 0.6) is 5.75 Å². The van der Waals surface area contributed by atoms with Gasteiger partial charge in [-0.25, -0.2) is 0 Å². The van der Waals surface area contributed by atoms with E-state index in [1.807, 2.05) is 42.5 Å². The minimum absolute atomic E-state index is 0.0680. The number of amides is 2. The summed E-state index contributed by atoms with van der Waals surface area (Å²) in [6.45, 7) is 1.21. The van der Waals surface area contributed by atoms with Crippen molar-refractivity contribution in [3.8, 4) is 5.75 Å². The predicted molar refractivity (Wildman–Crippen MR) is 94.4 cm³/mol. The number of nitrogens with one attached hydrogen (secondary N) is 2. The van der Waals surface area contributed by atoms with E-state index in [0.29, 0.717) is 25.3 Å². The molecule has 132 valence electrons. The molecule has 0 saturated heterocycles. The van der Waals surface area contributed by atoms with Gasteiger partial charge in [0.25, 0.3) is 5.91 Å². The number of methoxy groups -OCH3 is 1. The van der Waals surface area contributed by atoms with Gasteiger partial charge in [0.05, 0.1) is 13.2 Å². The lowest BCUT2D eigenvalue weighted by molar-refractivity contribution is -0.120. The summed E-state index contributed by atoms with van der Waals surface area (Å²) in [5.74, 6) is 0.250. The number of hydrogen-bond acceptors (Lipinski definition) is 4. The lowest BCUT2D eigenvalue weighted by Gasteiger charge is -2.08. The SMILES string of the molecule is COCCNC(=O)CNC(=O)c1ccc(COc2ccccc2)cc1. The van der Waals surface area contributed by atoms with Crippen molar-refractivity contribution in [1.29, 1.82) is 0 Å². The van der Waals surface area contributed by atoms with Gasteiger partial charge >= 0.3 is 0 Å². The van der Waals surface area contributed by atoms with Crippen LogP contribution in [0.1, 0.15) is 15.9 Å². The molecule has 0 aromatic heterocycles. The van der Waals surface area contributed by atoms with E-state index in [0.717, 1.165) is 11.3 Å². The van der Waals surface area contributed by atoms with Gasteiger partial charge < -0.3 is 20.1 Å². The number of ether oxygens (including phenoxy) is 2. The van der Waals surface area contributed by atoms with Crippen LogP contribution in [0.25, 0.3) is 0 Å². The Morgan fingerprint density at radius 3 is 2.36 bits per heavy atom. The molecular weight excluding hydrogens is 320 g/mol. The fourth-order valence-corrected chi connectivity index (χ4v) is 2.05. The molecule has 0 unspecified atom stereocenters. The highest BCUT2D eigenvalue weighted by molar-refractivity contribution is 5.96.